The Hall–Kier alpha value is -2.43. The fourth-order valence-electron chi connectivity index (χ4n) is 1.61. The van der Waals surface area contributed by atoms with Crippen LogP contribution in [-0.4, -0.2) is 5.78 Å². The molecule has 0 fully saturated rings. The molecule has 0 saturated heterocycles. The molecule has 0 amide bonds. The van der Waals surface area contributed by atoms with Crippen molar-refractivity contribution in [2.75, 3.05) is 0 Å². The summed E-state index contributed by atoms with van der Waals surface area (Å²) in [6.45, 7) is 0. The highest BCUT2D eigenvalue weighted by Gasteiger charge is 2.11. The van der Waals surface area contributed by atoms with Crippen LogP contribution in [0.1, 0.15) is 15.9 Å². The van der Waals surface area contributed by atoms with Crippen molar-refractivity contribution in [2.24, 2.45) is 0 Å². The van der Waals surface area contributed by atoms with E-state index in [4.69, 9.17) is 0 Å². The van der Waals surface area contributed by atoms with Gasteiger partial charge in [-0.15, -0.1) is 0 Å². The molecule has 2 aromatic carbocycles. The molecule has 0 aliphatic rings. The van der Waals surface area contributed by atoms with Crippen LogP contribution < -0.4 is 0 Å². The second kappa shape index (κ2) is 5.69. The van der Waals surface area contributed by atoms with Crippen molar-refractivity contribution in [3.8, 4) is 0 Å². The first-order valence-corrected chi connectivity index (χ1v) is 5.60. The van der Waals surface area contributed by atoms with Crippen LogP contribution in [0.4, 0.5) is 17.6 Å². The van der Waals surface area contributed by atoms with Crippen molar-refractivity contribution in [3.63, 3.8) is 0 Å². The fraction of sp³-hybridized carbons (Fsp3) is 0. The van der Waals surface area contributed by atoms with Gasteiger partial charge in [0.1, 0.15) is 23.3 Å². The number of benzene rings is 2. The maximum Gasteiger partial charge on any atom is 0.188 e. The summed E-state index contributed by atoms with van der Waals surface area (Å²) in [5.41, 5.74) is -0.775. The van der Waals surface area contributed by atoms with Crippen LogP contribution in [0.5, 0.6) is 0 Å². The Morgan fingerprint density at radius 1 is 0.900 bits per heavy atom. The Bertz CT molecular complexity index is 672. The number of halogens is 4. The smallest absolute Gasteiger partial charge is 0.188 e. The molecule has 5 heteroatoms. The molecule has 0 saturated carbocycles. The quantitative estimate of drug-likeness (QED) is 0.469. The van der Waals surface area contributed by atoms with Crippen LogP contribution >= 0.6 is 0 Å². The number of hydrogen-bond acceptors (Lipinski definition) is 1. The first kappa shape index (κ1) is 14.0. The molecule has 0 spiro atoms. The Morgan fingerprint density at radius 3 is 2.15 bits per heavy atom. The number of ketones is 1. The van der Waals surface area contributed by atoms with E-state index in [9.17, 15) is 22.4 Å². The minimum Gasteiger partial charge on any atom is -0.289 e. The molecule has 20 heavy (non-hydrogen) atoms. The number of hydrogen-bond donors (Lipinski definition) is 0. The van der Waals surface area contributed by atoms with Crippen molar-refractivity contribution < 1.29 is 22.4 Å². The zero-order valence-electron chi connectivity index (χ0n) is 10.0. The summed E-state index contributed by atoms with van der Waals surface area (Å²) in [7, 11) is 0. The molecule has 0 unspecified atom stereocenters. The van der Waals surface area contributed by atoms with Crippen molar-refractivity contribution in [2.45, 2.75) is 0 Å². The van der Waals surface area contributed by atoms with E-state index in [1.165, 1.54) is 6.07 Å². The zero-order valence-corrected chi connectivity index (χ0v) is 10.0. The van der Waals surface area contributed by atoms with Gasteiger partial charge in [-0.05, 0) is 36.4 Å². The van der Waals surface area contributed by atoms with Gasteiger partial charge >= 0.3 is 0 Å². The summed E-state index contributed by atoms with van der Waals surface area (Å²) in [6, 6.07) is 5.70. The van der Waals surface area contributed by atoms with E-state index in [-0.39, 0.29) is 5.56 Å². The van der Waals surface area contributed by atoms with Gasteiger partial charge in [0.25, 0.3) is 0 Å². The predicted octanol–water partition coefficient (Wildman–Crippen LogP) is 4.14. The largest absolute Gasteiger partial charge is 0.289 e. The third-order valence-electron chi connectivity index (χ3n) is 2.60. The molecule has 2 rings (SSSR count). The molecule has 0 aliphatic carbocycles. The summed E-state index contributed by atoms with van der Waals surface area (Å²) in [5.74, 6) is -4.34. The SMILES string of the molecule is O=C(/C=C/c1c(F)cccc1F)c1ccc(F)cc1F. The van der Waals surface area contributed by atoms with E-state index in [2.05, 4.69) is 0 Å². The van der Waals surface area contributed by atoms with Gasteiger partial charge in [-0.1, -0.05) is 6.07 Å². The van der Waals surface area contributed by atoms with Crippen molar-refractivity contribution >= 4 is 11.9 Å². The summed E-state index contributed by atoms with van der Waals surface area (Å²) < 4.78 is 52.7. The van der Waals surface area contributed by atoms with Crippen molar-refractivity contribution in [1.29, 1.82) is 0 Å². The molecule has 1 nitrogen and oxygen atoms in total. The Kier molecular flexibility index (Phi) is 3.98. The molecule has 0 atom stereocenters. The van der Waals surface area contributed by atoms with Crippen LogP contribution in [0.15, 0.2) is 42.5 Å². The van der Waals surface area contributed by atoms with E-state index in [0.29, 0.717) is 6.07 Å². The fourth-order valence-corrected chi connectivity index (χ4v) is 1.61. The molecule has 0 aliphatic heterocycles. The van der Waals surface area contributed by atoms with Gasteiger partial charge in [-0.3, -0.25) is 4.79 Å². The van der Waals surface area contributed by atoms with Crippen LogP contribution in [0.2, 0.25) is 0 Å². The van der Waals surface area contributed by atoms with E-state index in [0.717, 1.165) is 36.4 Å². The second-order valence-corrected chi connectivity index (χ2v) is 3.96. The van der Waals surface area contributed by atoms with E-state index in [1.54, 1.807) is 0 Å². The number of rotatable bonds is 3. The zero-order chi connectivity index (χ0) is 14.7. The molecule has 0 radical (unpaired) electrons. The summed E-state index contributed by atoms with van der Waals surface area (Å²) in [4.78, 5) is 11.7. The molecule has 0 heterocycles. The average molecular weight is 280 g/mol. The summed E-state index contributed by atoms with van der Waals surface area (Å²) in [5, 5.41) is 0. The van der Waals surface area contributed by atoms with Crippen LogP contribution in [0.3, 0.4) is 0 Å². The third kappa shape index (κ3) is 2.93. The van der Waals surface area contributed by atoms with Gasteiger partial charge < -0.3 is 0 Å². The van der Waals surface area contributed by atoms with E-state index < -0.39 is 34.6 Å². The molecule has 2 aromatic rings. The van der Waals surface area contributed by atoms with E-state index in [1.807, 2.05) is 0 Å². The van der Waals surface area contributed by atoms with Crippen LogP contribution in [0, 0.1) is 23.3 Å². The Balaban J connectivity index is 2.30. The van der Waals surface area contributed by atoms with E-state index >= 15 is 0 Å². The second-order valence-electron chi connectivity index (χ2n) is 3.96. The molecule has 0 N–H and O–H groups in total. The average Bonchev–Trinajstić information content (AvgIpc) is 2.37. The monoisotopic (exact) mass is 280 g/mol. The summed E-state index contributed by atoms with van der Waals surface area (Å²) >= 11 is 0. The lowest BCUT2D eigenvalue weighted by Crippen LogP contribution is -1.99. The molecule has 0 bridgehead atoms. The first-order chi connectivity index (χ1) is 9.49. The van der Waals surface area contributed by atoms with Gasteiger partial charge in [-0.25, -0.2) is 17.6 Å². The molecular weight excluding hydrogens is 272 g/mol. The molecular formula is C15H8F4O. The topological polar surface area (TPSA) is 17.1 Å². The maximum absolute atomic E-state index is 13.3. The van der Waals surface area contributed by atoms with Gasteiger partial charge in [0.05, 0.1) is 5.56 Å². The number of carbonyl (C=O) groups excluding carboxylic acids is 1. The lowest BCUT2D eigenvalue weighted by atomic mass is 10.1. The van der Waals surface area contributed by atoms with Crippen molar-refractivity contribution in [1.82, 2.24) is 0 Å². The van der Waals surface area contributed by atoms with Gasteiger partial charge in [0.2, 0.25) is 0 Å². The summed E-state index contributed by atoms with van der Waals surface area (Å²) in [6.07, 6.45) is 1.74. The van der Waals surface area contributed by atoms with Crippen LogP contribution in [0.25, 0.3) is 6.08 Å². The molecule has 102 valence electrons. The highest BCUT2D eigenvalue weighted by atomic mass is 19.1. The van der Waals surface area contributed by atoms with Crippen molar-refractivity contribution in [3.05, 3.63) is 76.9 Å². The highest BCUT2D eigenvalue weighted by molar-refractivity contribution is 6.07. The lowest BCUT2D eigenvalue weighted by molar-refractivity contribution is 0.104. The van der Waals surface area contributed by atoms with Gasteiger partial charge in [0, 0.05) is 11.6 Å². The maximum atomic E-state index is 13.3. The minimum atomic E-state index is -1.03. The van der Waals surface area contributed by atoms with Gasteiger partial charge in [-0.2, -0.15) is 0 Å². The highest BCUT2D eigenvalue weighted by Crippen LogP contribution is 2.15. The van der Waals surface area contributed by atoms with Gasteiger partial charge in [0.15, 0.2) is 5.78 Å². The minimum absolute atomic E-state index is 0.376. The number of allylic oxidation sites excluding steroid dienone is 1. The molecule has 0 aromatic heterocycles. The first-order valence-electron chi connectivity index (χ1n) is 5.60. The predicted molar refractivity (Wildman–Crippen MR) is 66.1 cm³/mol. The normalized spacial score (nSPS) is 11.0. The lowest BCUT2D eigenvalue weighted by Gasteiger charge is -2.00. The number of carbonyl (C=O) groups is 1. The third-order valence-corrected chi connectivity index (χ3v) is 2.60. The Labute approximate surface area is 112 Å². The van der Waals surface area contributed by atoms with Crippen LogP contribution in [-0.2, 0) is 0 Å². The standard InChI is InChI=1S/C15H8F4O/c16-9-4-5-11(14(19)8-9)15(20)7-6-10-12(17)2-1-3-13(10)18/h1-8H/b7-6+. The Morgan fingerprint density at radius 2 is 1.55 bits per heavy atom.